The molecule has 1 heterocycles. The Balaban J connectivity index is 2.41. The van der Waals surface area contributed by atoms with Crippen LogP contribution in [0, 0.1) is 22.7 Å². The fourth-order valence-corrected chi connectivity index (χ4v) is 6.86. The first kappa shape index (κ1) is 32.5. The van der Waals surface area contributed by atoms with Crippen molar-refractivity contribution >= 4 is 23.9 Å². The van der Waals surface area contributed by atoms with Crippen molar-refractivity contribution in [3.63, 3.8) is 0 Å². The molecule has 1 spiro atoms. The van der Waals surface area contributed by atoms with Crippen molar-refractivity contribution in [2.24, 2.45) is 22.7 Å². The number of ether oxygens (including phenoxy) is 6. The predicted octanol–water partition coefficient (Wildman–Crippen LogP) is 4.56. The number of hydrogen-bond donors (Lipinski definition) is 0. The lowest BCUT2D eigenvalue weighted by Crippen LogP contribution is -2.69. The van der Waals surface area contributed by atoms with Crippen molar-refractivity contribution in [1.82, 2.24) is 0 Å². The van der Waals surface area contributed by atoms with Crippen molar-refractivity contribution < 1.29 is 47.6 Å². The van der Waals surface area contributed by atoms with Crippen LogP contribution in [-0.2, 0) is 47.6 Å². The van der Waals surface area contributed by atoms with E-state index in [2.05, 4.69) is 19.6 Å². The molecule has 3 rings (SSSR count). The minimum absolute atomic E-state index is 0.174. The zero-order chi connectivity index (χ0) is 30.7. The van der Waals surface area contributed by atoms with E-state index in [1.165, 1.54) is 20.8 Å². The van der Waals surface area contributed by atoms with Crippen molar-refractivity contribution in [2.75, 3.05) is 7.11 Å². The molecule has 0 aromatic rings. The lowest BCUT2D eigenvalue weighted by molar-refractivity contribution is -0.279. The molecule has 3 aliphatic rings. The first-order valence-corrected chi connectivity index (χ1v) is 14.2. The Labute approximate surface area is 242 Å². The van der Waals surface area contributed by atoms with Crippen LogP contribution < -0.4 is 0 Å². The molecule has 1 saturated carbocycles. The van der Waals surface area contributed by atoms with Gasteiger partial charge in [0.25, 0.3) is 0 Å². The smallest absolute Gasteiger partial charge is 0.306 e. The van der Waals surface area contributed by atoms with Gasteiger partial charge in [-0.15, -0.1) is 0 Å². The van der Waals surface area contributed by atoms with E-state index in [0.717, 1.165) is 5.57 Å². The minimum Gasteiger partial charge on any atom is -0.458 e. The second-order valence-corrected chi connectivity index (χ2v) is 11.5. The fourth-order valence-electron chi connectivity index (χ4n) is 6.86. The van der Waals surface area contributed by atoms with E-state index in [1.807, 2.05) is 20.8 Å². The molecule has 0 aromatic heterocycles. The Morgan fingerprint density at radius 3 is 2.22 bits per heavy atom. The van der Waals surface area contributed by atoms with Crippen LogP contribution in [-0.4, -0.2) is 61.9 Å². The van der Waals surface area contributed by atoms with E-state index in [4.69, 9.17) is 28.4 Å². The lowest BCUT2D eigenvalue weighted by atomic mass is 9.44. The summed E-state index contributed by atoms with van der Waals surface area (Å²) in [6.45, 7) is 15.5. The van der Waals surface area contributed by atoms with E-state index < -0.39 is 71.5 Å². The van der Waals surface area contributed by atoms with E-state index in [9.17, 15) is 19.2 Å². The summed E-state index contributed by atoms with van der Waals surface area (Å²) in [5, 5.41) is 0. The molecular weight excluding hydrogens is 532 g/mol. The second-order valence-electron chi connectivity index (χ2n) is 11.5. The van der Waals surface area contributed by atoms with Crippen molar-refractivity contribution in [3.05, 3.63) is 36.0 Å². The molecule has 0 N–H and O–H groups in total. The van der Waals surface area contributed by atoms with Gasteiger partial charge in [-0.2, -0.15) is 0 Å². The van der Waals surface area contributed by atoms with Crippen molar-refractivity contribution in [2.45, 2.75) is 105 Å². The highest BCUT2D eigenvalue weighted by Crippen LogP contribution is 2.68. The average Bonchev–Trinajstić information content (AvgIpc) is 3.18. The maximum absolute atomic E-state index is 13.0. The van der Waals surface area contributed by atoms with Gasteiger partial charge in [-0.3, -0.25) is 23.9 Å². The topological polar surface area (TPSA) is 124 Å². The van der Waals surface area contributed by atoms with Gasteiger partial charge in [0.2, 0.25) is 12.6 Å². The summed E-state index contributed by atoms with van der Waals surface area (Å²) < 4.78 is 35.6. The number of hydrogen-bond acceptors (Lipinski definition) is 10. The van der Waals surface area contributed by atoms with Crippen LogP contribution in [0.4, 0.5) is 0 Å². The van der Waals surface area contributed by atoms with Gasteiger partial charge in [0, 0.05) is 45.8 Å². The van der Waals surface area contributed by atoms with Gasteiger partial charge in [-0.05, 0) is 43.6 Å². The van der Waals surface area contributed by atoms with Gasteiger partial charge in [0.05, 0.1) is 6.10 Å². The summed E-state index contributed by atoms with van der Waals surface area (Å²) in [6.07, 6.45) is 2.31. The minimum atomic E-state index is -1.36. The number of methoxy groups -OCH3 is 1. The number of carbonyl (C=O) groups is 4. The Kier molecular flexibility index (Phi) is 10.2. The first-order valence-electron chi connectivity index (χ1n) is 14.2. The Hall–Kier alpha value is -2.98. The molecule has 9 atom stereocenters. The van der Waals surface area contributed by atoms with E-state index in [-0.39, 0.29) is 12.3 Å². The molecule has 10 nitrogen and oxygen atoms in total. The van der Waals surface area contributed by atoms with Gasteiger partial charge < -0.3 is 23.7 Å². The van der Waals surface area contributed by atoms with Crippen LogP contribution >= 0.6 is 0 Å². The highest BCUT2D eigenvalue weighted by atomic mass is 16.8. The molecule has 0 aromatic carbocycles. The van der Waals surface area contributed by atoms with Crippen molar-refractivity contribution in [3.8, 4) is 0 Å². The van der Waals surface area contributed by atoms with Crippen LogP contribution in [0.25, 0.3) is 0 Å². The fraction of sp³-hybridized carbons (Fsp3) is 0.677. The summed E-state index contributed by atoms with van der Waals surface area (Å²) >= 11 is 0. The monoisotopic (exact) mass is 576 g/mol. The summed E-state index contributed by atoms with van der Waals surface area (Å²) in [5.41, 5.74) is -0.587. The van der Waals surface area contributed by atoms with Gasteiger partial charge in [0.1, 0.15) is 11.5 Å². The quantitative estimate of drug-likeness (QED) is 0.158. The van der Waals surface area contributed by atoms with E-state index in [0.29, 0.717) is 24.8 Å². The molecular formula is C31H44O10. The summed E-state index contributed by atoms with van der Waals surface area (Å²) in [4.78, 5) is 50.4. The molecule has 0 amide bonds. The zero-order valence-corrected chi connectivity index (χ0v) is 25.4. The third-order valence-electron chi connectivity index (χ3n) is 8.95. The van der Waals surface area contributed by atoms with Gasteiger partial charge >= 0.3 is 23.9 Å². The summed E-state index contributed by atoms with van der Waals surface area (Å²) in [6, 6.07) is 0. The van der Waals surface area contributed by atoms with Gasteiger partial charge in [0.15, 0.2) is 6.10 Å². The third-order valence-corrected chi connectivity index (χ3v) is 8.95. The highest BCUT2D eigenvalue weighted by Gasteiger charge is 2.75. The van der Waals surface area contributed by atoms with Crippen LogP contribution in [0.1, 0.15) is 74.1 Å². The van der Waals surface area contributed by atoms with E-state index in [1.54, 1.807) is 19.3 Å². The molecule has 41 heavy (non-hydrogen) atoms. The average molecular weight is 577 g/mol. The molecule has 228 valence electrons. The SMILES string of the molecule is C=C/C(C)=C\C[C@]1(C)[C@H](C)[C@@H](OC(=O)CCC)[C@H](OC(C)=O)[C@@]23C(=C[C@H](OC)C[C@@H]12)[C@@H](OC(C)=O)OC3OC(C)=O. The third kappa shape index (κ3) is 6.14. The Morgan fingerprint density at radius 1 is 1.05 bits per heavy atom. The number of esters is 4. The van der Waals surface area contributed by atoms with Crippen LogP contribution in [0.15, 0.2) is 36.0 Å². The summed E-state index contributed by atoms with van der Waals surface area (Å²) in [7, 11) is 1.58. The molecule has 2 fully saturated rings. The number of allylic oxidation sites excluding steroid dienone is 3. The Bertz CT molecular complexity index is 1110. The van der Waals surface area contributed by atoms with E-state index >= 15 is 0 Å². The molecule has 1 unspecified atom stereocenters. The van der Waals surface area contributed by atoms with Crippen LogP contribution in [0.2, 0.25) is 0 Å². The number of rotatable bonds is 10. The molecule has 1 saturated heterocycles. The highest BCUT2D eigenvalue weighted by molar-refractivity contribution is 5.70. The molecule has 1 aliphatic heterocycles. The summed E-state index contributed by atoms with van der Waals surface area (Å²) in [5.74, 6) is -3.03. The molecule has 10 heteroatoms. The van der Waals surface area contributed by atoms with Crippen LogP contribution in [0.5, 0.6) is 0 Å². The molecule has 0 radical (unpaired) electrons. The maximum Gasteiger partial charge on any atom is 0.306 e. The largest absolute Gasteiger partial charge is 0.458 e. The first-order chi connectivity index (χ1) is 19.3. The Morgan fingerprint density at radius 2 is 1.68 bits per heavy atom. The zero-order valence-electron chi connectivity index (χ0n) is 25.4. The standard InChI is InChI=1S/C31H44O10/c1-10-12-25(35)40-26-18(4)30(8,14-13-17(3)11-2)24-16-22(36-9)15-23-28(38-20(6)33)41-29(39-21(7)34)31(23,24)27(26)37-19(5)32/h11,13,15,18,22,24,26-29H,2,10,12,14,16H2,1,3-9H3/b17-13-/t18-,22+,24+,26-,27+,28+,29?,30-,31-/m1/s1. The van der Waals surface area contributed by atoms with Crippen LogP contribution in [0.3, 0.4) is 0 Å². The number of carbonyl (C=O) groups excluding carboxylic acids is 4. The normalized spacial score (nSPS) is 36.2. The molecule has 2 aliphatic carbocycles. The lowest BCUT2D eigenvalue weighted by Gasteiger charge is -2.62. The van der Waals surface area contributed by atoms with Gasteiger partial charge in [-0.1, -0.05) is 45.1 Å². The van der Waals surface area contributed by atoms with Gasteiger partial charge in [-0.25, -0.2) is 0 Å². The van der Waals surface area contributed by atoms with Crippen molar-refractivity contribution in [1.29, 1.82) is 0 Å². The predicted molar refractivity (Wildman–Crippen MR) is 148 cm³/mol. The second kappa shape index (κ2) is 12.9. The molecule has 0 bridgehead atoms. The maximum atomic E-state index is 13.0.